The van der Waals surface area contributed by atoms with Gasteiger partial charge in [-0.15, -0.1) is 0 Å². The fourth-order valence-corrected chi connectivity index (χ4v) is 21.8. The van der Waals surface area contributed by atoms with Crippen molar-refractivity contribution in [1.82, 2.24) is 0 Å². The first-order chi connectivity index (χ1) is 36.0. The number of aromatic hydroxyl groups is 2. The molecule has 0 aromatic heterocycles. The van der Waals surface area contributed by atoms with Gasteiger partial charge in [0.25, 0.3) is 0 Å². The molecule has 7 saturated carbocycles. The summed E-state index contributed by atoms with van der Waals surface area (Å²) in [6.07, 6.45) is 20.7. The van der Waals surface area contributed by atoms with Crippen LogP contribution >= 0.6 is 0 Å². The van der Waals surface area contributed by atoms with Crippen molar-refractivity contribution in [3.05, 3.63) is 51.6 Å². The van der Waals surface area contributed by atoms with Crippen LogP contribution in [0.2, 0.25) is 0 Å². The first kappa shape index (κ1) is 49.7. The second kappa shape index (κ2) is 17.0. The summed E-state index contributed by atoms with van der Waals surface area (Å²) in [6, 6.07) is 2.36. The number of ether oxygens (including phenoxy) is 4. The van der Waals surface area contributed by atoms with E-state index in [1.54, 1.807) is 0 Å². The van der Waals surface area contributed by atoms with Crippen molar-refractivity contribution in [3.8, 4) is 17.2 Å². The Morgan fingerprint density at radius 1 is 0.813 bits per heavy atom. The van der Waals surface area contributed by atoms with Crippen molar-refractivity contribution in [2.24, 2.45) is 56.2 Å². The second-order valence-corrected chi connectivity index (χ2v) is 27.6. The second-order valence-electron chi connectivity index (χ2n) is 27.6. The maximum absolute atomic E-state index is 13.3. The molecular weight excluding hydrogens is 953 g/mol. The van der Waals surface area contributed by atoms with Gasteiger partial charge >= 0.3 is 5.97 Å². The smallest absolute Gasteiger partial charge is 0.335 e. The van der Waals surface area contributed by atoms with E-state index in [1.807, 2.05) is 0 Å². The third-order valence-electron chi connectivity index (χ3n) is 24.5. The molecule has 10 fully saturated rings. The third kappa shape index (κ3) is 6.73. The number of phenolic OH excluding ortho intramolecular Hbond substituents is 2. The SMILES string of the molecule is CC(=O)c1c(C)c(O)c2cc(C(=O)O)cc(OC3OC4C(O)C5(CCCC5)CC5OC4(CC4C6=C5CC=C6C5(CCCO)COCC6CC7(CCC8(CCCC89CCC8(CCCC8)C9)C7)CC4C65)C(O)C3O)c2c1O. The number of carbonyl (C=O) groups is 2. The highest BCUT2D eigenvalue weighted by atomic mass is 16.7. The number of benzene rings is 2. The fourth-order valence-electron chi connectivity index (χ4n) is 21.8. The van der Waals surface area contributed by atoms with Crippen LogP contribution in [-0.2, 0) is 14.2 Å². The molecule has 0 amide bonds. The van der Waals surface area contributed by atoms with Gasteiger partial charge in [-0.3, -0.25) is 4.79 Å². The molecule has 75 heavy (non-hydrogen) atoms. The summed E-state index contributed by atoms with van der Waals surface area (Å²) in [5, 5.41) is 83.2. The molecule has 6 spiro atoms. The summed E-state index contributed by atoms with van der Waals surface area (Å²) in [5.74, 6) is -2.38. The number of aromatic carboxylic acids is 1. The highest BCUT2D eigenvalue weighted by Crippen LogP contribution is 2.79. The van der Waals surface area contributed by atoms with E-state index in [0.29, 0.717) is 61.1 Å². The number of aliphatic hydroxyl groups is 4. The van der Waals surface area contributed by atoms with E-state index in [9.17, 15) is 45.3 Å². The number of Topliss-reactive ketones (excluding diaryl/α,β-unsaturated/α-hetero) is 1. The molecule has 4 heterocycles. The average Bonchev–Trinajstić information content (AvgIpc) is 4.27. The molecule has 14 rings (SSSR count). The summed E-state index contributed by atoms with van der Waals surface area (Å²) in [4.78, 5) is 25.6. The maximum Gasteiger partial charge on any atom is 0.335 e. The van der Waals surface area contributed by atoms with Gasteiger partial charge in [-0.25, -0.2) is 4.79 Å². The summed E-state index contributed by atoms with van der Waals surface area (Å²) >= 11 is 0. The van der Waals surface area contributed by atoms with E-state index >= 15 is 0 Å². The molecule has 2 bridgehead atoms. The van der Waals surface area contributed by atoms with Crippen molar-refractivity contribution < 1.29 is 64.3 Å². The Balaban J connectivity index is 0.884. The van der Waals surface area contributed by atoms with Crippen molar-refractivity contribution in [2.75, 3.05) is 19.8 Å². The van der Waals surface area contributed by atoms with E-state index in [1.165, 1.54) is 120 Å². The molecular formula is C62H80O13. The average molecular weight is 1030 g/mol. The van der Waals surface area contributed by atoms with E-state index in [0.717, 1.165) is 51.0 Å². The van der Waals surface area contributed by atoms with Crippen molar-refractivity contribution >= 4 is 22.5 Å². The predicted octanol–water partition coefficient (Wildman–Crippen LogP) is 9.90. The van der Waals surface area contributed by atoms with Crippen molar-refractivity contribution in [2.45, 2.75) is 210 Å². The largest absolute Gasteiger partial charge is 0.507 e. The molecule has 13 nitrogen and oxygen atoms in total. The number of allylic oxidation sites excluding steroid dienone is 2. The van der Waals surface area contributed by atoms with Gasteiger partial charge in [-0.1, -0.05) is 38.2 Å². The number of hydrogen-bond acceptors (Lipinski definition) is 12. The van der Waals surface area contributed by atoms with Crippen LogP contribution in [0, 0.1) is 63.1 Å². The lowest BCUT2D eigenvalue weighted by Crippen LogP contribution is -2.72. The van der Waals surface area contributed by atoms with Crippen LogP contribution in [0.4, 0.5) is 0 Å². The normalized spacial score (nSPS) is 43.6. The highest BCUT2D eigenvalue weighted by molar-refractivity contribution is 6.11. The zero-order valence-electron chi connectivity index (χ0n) is 44.2. The van der Waals surface area contributed by atoms with E-state index < -0.39 is 71.1 Å². The molecule has 7 N–H and O–H groups in total. The Morgan fingerprint density at radius 2 is 1.53 bits per heavy atom. The Morgan fingerprint density at radius 3 is 2.25 bits per heavy atom. The van der Waals surface area contributed by atoms with Gasteiger partial charge in [0, 0.05) is 35.0 Å². The minimum absolute atomic E-state index is 0.0690. The predicted molar refractivity (Wildman–Crippen MR) is 276 cm³/mol. The van der Waals surface area contributed by atoms with Gasteiger partial charge in [-0.2, -0.15) is 0 Å². The van der Waals surface area contributed by atoms with Gasteiger partial charge < -0.3 is 54.7 Å². The van der Waals surface area contributed by atoms with Crippen molar-refractivity contribution in [1.29, 1.82) is 0 Å². The van der Waals surface area contributed by atoms with Crippen LogP contribution in [0.25, 0.3) is 10.8 Å². The Bertz CT molecular complexity index is 2800. The van der Waals surface area contributed by atoms with Gasteiger partial charge in [0.2, 0.25) is 6.29 Å². The molecule has 2 aromatic carbocycles. The molecule has 12 aliphatic rings. The number of rotatable bonds is 7. The minimum atomic E-state index is -1.78. The molecule has 0 radical (unpaired) electrons. The van der Waals surface area contributed by atoms with Gasteiger partial charge in [-0.05, 0) is 210 Å². The van der Waals surface area contributed by atoms with Crippen LogP contribution in [0.15, 0.2) is 34.9 Å². The first-order valence-electron chi connectivity index (χ1n) is 29.4. The standard InChI is InChI=1S/C62H80O13/c1-33-44(34(2)64)49(66)46-38(48(33)65)23-35(54(70)71)24-42(46)73-55-50(67)51(68)62-27-39-40-26-57(19-21-60(31-57)16-7-15-59(60)20-18-56(30-59)11-3-4-12-56)25-36-29-72-32-61(47(36)40,17-8-22-63)41-10-9-37(45(39)41)43(75-62)28-58(13-5-6-14-58)52(69)53(62)74-55/h10,23-24,36,39-40,43,47,50-53,55,63,65-69H,3-9,11-22,25-32H2,1-2H3,(H,70,71). The summed E-state index contributed by atoms with van der Waals surface area (Å²) in [7, 11) is 0. The van der Waals surface area contributed by atoms with Gasteiger partial charge in [0.15, 0.2) is 5.78 Å². The number of carboxylic acid groups (broad SMARTS) is 1. The maximum atomic E-state index is 13.3. The topological polar surface area (TPSA) is 213 Å². The monoisotopic (exact) mass is 1030 g/mol. The minimum Gasteiger partial charge on any atom is -0.507 e. The number of carbonyl (C=O) groups excluding carboxylic acids is 1. The van der Waals surface area contributed by atoms with Gasteiger partial charge in [0.05, 0.1) is 35.3 Å². The number of fused-ring (bicyclic) bond motifs is 6. The summed E-state index contributed by atoms with van der Waals surface area (Å²) in [5.41, 5.74) is 2.49. The van der Waals surface area contributed by atoms with Crippen LogP contribution in [0.3, 0.4) is 0 Å². The van der Waals surface area contributed by atoms with Crippen LogP contribution < -0.4 is 4.74 Å². The number of carboxylic acids is 1. The number of hydrogen-bond donors (Lipinski definition) is 7. The van der Waals surface area contributed by atoms with Crippen LogP contribution in [-0.4, -0.2) is 110 Å². The quantitative estimate of drug-likeness (QED) is 0.102. The molecule has 15 unspecified atom stereocenters. The van der Waals surface area contributed by atoms with Crippen molar-refractivity contribution in [3.63, 3.8) is 0 Å². The van der Waals surface area contributed by atoms with Crippen LogP contribution in [0.5, 0.6) is 17.2 Å². The number of aliphatic hydroxyl groups excluding tert-OH is 4. The van der Waals surface area contributed by atoms with Gasteiger partial charge in [0.1, 0.15) is 41.2 Å². The Kier molecular flexibility index (Phi) is 11.3. The molecule has 8 aliphatic carbocycles. The number of ketones is 1. The summed E-state index contributed by atoms with van der Waals surface area (Å²) in [6.45, 7) is 4.16. The highest BCUT2D eigenvalue weighted by Gasteiger charge is 2.73. The fraction of sp³-hybridized carbons (Fsp3) is 0.742. The molecule has 15 atom stereocenters. The Hall–Kier alpha value is -3.56. The molecule has 13 heteroatoms. The Labute approximate surface area is 440 Å². The number of phenols is 2. The third-order valence-corrected chi connectivity index (χ3v) is 24.5. The van der Waals surface area contributed by atoms with Crippen LogP contribution in [0.1, 0.15) is 187 Å². The molecule has 406 valence electrons. The zero-order chi connectivity index (χ0) is 51.8. The molecule has 2 aromatic rings. The van der Waals surface area contributed by atoms with E-state index in [-0.39, 0.29) is 68.4 Å². The molecule has 4 aliphatic heterocycles. The lowest BCUT2D eigenvalue weighted by molar-refractivity contribution is -0.339. The zero-order valence-corrected chi connectivity index (χ0v) is 44.2. The lowest BCUT2D eigenvalue weighted by Gasteiger charge is -2.64. The molecule has 3 saturated heterocycles. The van der Waals surface area contributed by atoms with E-state index in [2.05, 4.69) is 6.08 Å². The van der Waals surface area contributed by atoms with E-state index in [4.69, 9.17) is 18.9 Å². The lowest BCUT2D eigenvalue weighted by atomic mass is 9.42. The summed E-state index contributed by atoms with van der Waals surface area (Å²) < 4.78 is 28.2. The first-order valence-corrected chi connectivity index (χ1v) is 29.4.